The average molecular weight is 272 g/mol. The summed E-state index contributed by atoms with van der Waals surface area (Å²) >= 11 is 0. The molecule has 0 saturated carbocycles. The Kier molecular flexibility index (Phi) is 3.74. The normalized spacial score (nSPS) is 17.8. The average Bonchev–Trinajstić information content (AvgIpc) is 2.85. The monoisotopic (exact) mass is 272 g/mol. The Hall–Kier alpha value is -1.81. The second-order valence-electron chi connectivity index (χ2n) is 5.32. The van der Waals surface area contributed by atoms with Crippen LogP contribution in [0.4, 0.5) is 0 Å². The zero-order valence-corrected chi connectivity index (χ0v) is 11.7. The van der Waals surface area contributed by atoms with E-state index in [0.29, 0.717) is 6.61 Å². The molecule has 4 nitrogen and oxygen atoms in total. The number of ether oxygens (including phenoxy) is 1. The number of hydrogen-bond donors (Lipinski definition) is 1. The van der Waals surface area contributed by atoms with Crippen LogP contribution in [-0.4, -0.2) is 21.3 Å². The molecule has 1 atom stereocenters. The van der Waals surface area contributed by atoms with Crippen molar-refractivity contribution in [3.05, 3.63) is 47.5 Å². The summed E-state index contributed by atoms with van der Waals surface area (Å²) in [5.41, 5.74) is 2.28. The highest BCUT2D eigenvalue weighted by Gasteiger charge is 2.18. The molecule has 0 bridgehead atoms. The molecule has 1 aromatic heterocycles. The molecule has 106 valence electrons. The van der Waals surface area contributed by atoms with E-state index in [1.807, 2.05) is 29.9 Å². The summed E-state index contributed by atoms with van der Waals surface area (Å²) in [4.78, 5) is 4.27. The van der Waals surface area contributed by atoms with Gasteiger partial charge in [0.1, 0.15) is 11.6 Å². The zero-order valence-electron chi connectivity index (χ0n) is 11.7. The van der Waals surface area contributed by atoms with E-state index in [0.717, 1.165) is 42.8 Å². The summed E-state index contributed by atoms with van der Waals surface area (Å²) in [6.07, 6.45) is 7.15. The third kappa shape index (κ3) is 2.70. The maximum absolute atomic E-state index is 10.0. The highest BCUT2D eigenvalue weighted by molar-refractivity contribution is 5.38. The SMILES string of the molecule is Cn1ccnc1CCOc1ccc2c(c1)[C@H](O)CCC2. The number of aliphatic hydroxyl groups excluding tert-OH is 1. The first-order chi connectivity index (χ1) is 9.74. The molecule has 0 aliphatic heterocycles. The van der Waals surface area contributed by atoms with E-state index in [1.165, 1.54) is 5.56 Å². The van der Waals surface area contributed by atoms with E-state index >= 15 is 0 Å². The second-order valence-corrected chi connectivity index (χ2v) is 5.32. The summed E-state index contributed by atoms with van der Waals surface area (Å²) in [7, 11) is 1.98. The molecule has 20 heavy (non-hydrogen) atoms. The van der Waals surface area contributed by atoms with Crippen molar-refractivity contribution in [2.45, 2.75) is 31.8 Å². The third-order valence-electron chi connectivity index (χ3n) is 3.92. The number of aromatic nitrogens is 2. The van der Waals surface area contributed by atoms with Crippen LogP contribution < -0.4 is 4.74 Å². The van der Waals surface area contributed by atoms with Gasteiger partial charge in [0.15, 0.2) is 0 Å². The molecule has 1 N–H and O–H groups in total. The molecule has 3 rings (SSSR count). The first kappa shape index (κ1) is 13.2. The summed E-state index contributed by atoms with van der Waals surface area (Å²) < 4.78 is 7.78. The Morgan fingerprint density at radius 3 is 3.15 bits per heavy atom. The largest absolute Gasteiger partial charge is 0.493 e. The van der Waals surface area contributed by atoms with E-state index in [-0.39, 0.29) is 6.10 Å². The molecule has 0 saturated heterocycles. The fourth-order valence-electron chi connectivity index (χ4n) is 2.74. The van der Waals surface area contributed by atoms with Crippen molar-refractivity contribution >= 4 is 0 Å². The molecule has 1 aromatic carbocycles. The van der Waals surface area contributed by atoms with E-state index in [9.17, 15) is 5.11 Å². The molecule has 4 heteroatoms. The minimum absolute atomic E-state index is 0.336. The summed E-state index contributed by atoms with van der Waals surface area (Å²) in [5, 5.41) is 10.0. The molecule has 2 aromatic rings. The lowest BCUT2D eigenvalue weighted by atomic mass is 9.89. The number of rotatable bonds is 4. The number of aryl methyl sites for hydroxylation is 2. The van der Waals surface area contributed by atoms with Crippen molar-refractivity contribution in [1.29, 1.82) is 0 Å². The van der Waals surface area contributed by atoms with Crippen molar-refractivity contribution in [2.24, 2.45) is 7.05 Å². The maximum Gasteiger partial charge on any atom is 0.119 e. The van der Waals surface area contributed by atoms with Crippen molar-refractivity contribution < 1.29 is 9.84 Å². The van der Waals surface area contributed by atoms with Crippen LogP contribution >= 0.6 is 0 Å². The number of nitrogens with zero attached hydrogens (tertiary/aromatic N) is 2. The fourth-order valence-corrected chi connectivity index (χ4v) is 2.74. The quantitative estimate of drug-likeness (QED) is 0.929. The van der Waals surface area contributed by atoms with Crippen LogP contribution in [0.15, 0.2) is 30.6 Å². The highest BCUT2D eigenvalue weighted by Crippen LogP contribution is 2.32. The van der Waals surface area contributed by atoms with Crippen LogP contribution in [-0.2, 0) is 19.9 Å². The Balaban J connectivity index is 1.63. The number of imidazole rings is 1. The maximum atomic E-state index is 10.0. The van der Waals surface area contributed by atoms with Gasteiger partial charge in [-0.1, -0.05) is 6.07 Å². The van der Waals surface area contributed by atoms with Crippen LogP contribution in [0, 0.1) is 0 Å². The molecular weight excluding hydrogens is 252 g/mol. The van der Waals surface area contributed by atoms with Crippen LogP contribution in [0.5, 0.6) is 5.75 Å². The van der Waals surface area contributed by atoms with Gasteiger partial charge in [0.25, 0.3) is 0 Å². The number of benzene rings is 1. The molecule has 1 aliphatic rings. The number of fused-ring (bicyclic) bond motifs is 1. The predicted molar refractivity (Wildman–Crippen MR) is 76.7 cm³/mol. The van der Waals surface area contributed by atoms with Crippen molar-refractivity contribution in [3.63, 3.8) is 0 Å². The van der Waals surface area contributed by atoms with Gasteiger partial charge in [-0.15, -0.1) is 0 Å². The molecule has 1 aliphatic carbocycles. The number of aliphatic hydroxyl groups is 1. The highest BCUT2D eigenvalue weighted by atomic mass is 16.5. The fraction of sp³-hybridized carbons (Fsp3) is 0.438. The summed E-state index contributed by atoms with van der Waals surface area (Å²) in [5.74, 6) is 1.85. The van der Waals surface area contributed by atoms with Gasteiger partial charge in [-0.3, -0.25) is 0 Å². The summed E-state index contributed by atoms with van der Waals surface area (Å²) in [6, 6.07) is 6.06. The number of hydrogen-bond acceptors (Lipinski definition) is 3. The Morgan fingerprint density at radius 2 is 2.35 bits per heavy atom. The minimum atomic E-state index is -0.336. The van der Waals surface area contributed by atoms with Crippen LogP contribution in [0.2, 0.25) is 0 Å². The molecule has 0 fully saturated rings. The smallest absolute Gasteiger partial charge is 0.119 e. The van der Waals surface area contributed by atoms with Gasteiger partial charge < -0.3 is 14.4 Å². The van der Waals surface area contributed by atoms with Gasteiger partial charge in [-0.2, -0.15) is 0 Å². The van der Waals surface area contributed by atoms with Gasteiger partial charge in [-0.25, -0.2) is 4.98 Å². The third-order valence-corrected chi connectivity index (χ3v) is 3.92. The molecular formula is C16H20N2O2. The standard InChI is InChI=1S/C16H20N2O2/c1-18-9-8-17-16(18)7-10-20-13-6-5-12-3-2-4-15(19)14(12)11-13/h5-6,8-9,11,15,19H,2-4,7,10H2,1H3/t15-/m1/s1. The van der Waals surface area contributed by atoms with Crippen LogP contribution in [0.1, 0.15) is 35.9 Å². The van der Waals surface area contributed by atoms with E-state index in [1.54, 1.807) is 6.20 Å². The van der Waals surface area contributed by atoms with E-state index in [4.69, 9.17) is 4.74 Å². The molecule has 0 unspecified atom stereocenters. The lowest BCUT2D eigenvalue weighted by Gasteiger charge is -2.22. The van der Waals surface area contributed by atoms with Crippen LogP contribution in [0.3, 0.4) is 0 Å². The van der Waals surface area contributed by atoms with E-state index < -0.39 is 0 Å². The molecule has 0 amide bonds. The zero-order chi connectivity index (χ0) is 13.9. The Bertz CT molecular complexity index is 592. The van der Waals surface area contributed by atoms with Gasteiger partial charge in [0, 0.05) is 25.9 Å². The van der Waals surface area contributed by atoms with Crippen LogP contribution in [0.25, 0.3) is 0 Å². The minimum Gasteiger partial charge on any atom is -0.493 e. The lowest BCUT2D eigenvalue weighted by Crippen LogP contribution is -2.10. The van der Waals surface area contributed by atoms with Gasteiger partial charge in [-0.05, 0) is 42.5 Å². The predicted octanol–water partition coefficient (Wildman–Crippen LogP) is 2.41. The first-order valence-electron chi connectivity index (χ1n) is 7.14. The molecule has 0 radical (unpaired) electrons. The van der Waals surface area contributed by atoms with E-state index in [2.05, 4.69) is 11.1 Å². The lowest BCUT2D eigenvalue weighted by molar-refractivity contribution is 0.156. The second kappa shape index (κ2) is 5.67. The summed E-state index contributed by atoms with van der Waals surface area (Å²) in [6.45, 7) is 0.597. The molecule has 0 spiro atoms. The molecule has 1 heterocycles. The topological polar surface area (TPSA) is 47.3 Å². The van der Waals surface area contributed by atoms with Crippen molar-refractivity contribution in [3.8, 4) is 5.75 Å². The van der Waals surface area contributed by atoms with Gasteiger partial charge >= 0.3 is 0 Å². The first-order valence-corrected chi connectivity index (χ1v) is 7.14. The Labute approximate surface area is 119 Å². The van der Waals surface area contributed by atoms with Gasteiger partial charge in [0.2, 0.25) is 0 Å². The van der Waals surface area contributed by atoms with Crippen molar-refractivity contribution in [2.75, 3.05) is 6.61 Å². The van der Waals surface area contributed by atoms with Gasteiger partial charge in [0.05, 0.1) is 12.7 Å². The Morgan fingerprint density at radius 1 is 1.45 bits per heavy atom. The van der Waals surface area contributed by atoms with Crippen molar-refractivity contribution in [1.82, 2.24) is 9.55 Å².